The van der Waals surface area contributed by atoms with Gasteiger partial charge >= 0.3 is 0 Å². The molecule has 3 heterocycles. The van der Waals surface area contributed by atoms with Gasteiger partial charge in [-0.15, -0.1) is 11.3 Å². The predicted molar refractivity (Wildman–Crippen MR) is 140 cm³/mol. The number of nitrogens with zero attached hydrogens (tertiary/aromatic N) is 3. The third-order valence-electron chi connectivity index (χ3n) is 6.28. The first-order valence-electron chi connectivity index (χ1n) is 11.7. The molecule has 2 amide bonds. The molecular weight excluding hydrogens is 456 g/mol. The first kappa shape index (κ1) is 22.9. The molecule has 1 N–H and O–H groups in total. The van der Waals surface area contributed by atoms with Crippen LogP contribution in [0.1, 0.15) is 24.5 Å². The Bertz CT molecular complexity index is 1380. The summed E-state index contributed by atoms with van der Waals surface area (Å²) in [4.78, 5) is 36.8. The number of carbonyl (C=O) groups is 2. The molecule has 1 fully saturated rings. The zero-order valence-corrected chi connectivity index (χ0v) is 20.5. The van der Waals surface area contributed by atoms with Crippen molar-refractivity contribution in [1.29, 1.82) is 0 Å². The van der Waals surface area contributed by atoms with E-state index in [0.29, 0.717) is 12.2 Å². The minimum absolute atomic E-state index is 0.00701. The van der Waals surface area contributed by atoms with Crippen LogP contribution in [0, 0.1) is 12.8 Å². The number of aryl methyl sites for hydroxylation is 2. The van der Waals surface area contributed by atoms with Gasteiger partial charge in [0.05, 0.1) is 17.3 Å². The number of rotatable bonds is 6. The average Bonchev–Trinajstić information content (AvgIpc) is 3.52. The second-order valence-electron chi connectivity index (χ2n) is 8.66. The SMILES string of the molecule is CCc1cccc(C)c1N1CC(C(=O)Nc2cccc(-c3csc(-c4ccccn4)n3)c2)CC1=O. The largest absolute Gasteiger partial charge is 0.326 e. The fourth-order valence-corrected chi connectivity index (χ4v) is 5.31. The molecule has 0 bridgehead atoms. The maximum absolute atomic E-state index is 13.1. The van der Waals surface area contributed by atoms with Crippen molar-refractivity contribution in [2.24, 2.45) is 5.92 Å². The highest BCUT2D eigenvalue weighted by molar-refractivity contribution is 7.13. The summed E-state index contributed by atoms with van der Waals surface area (Å²) < 4.78 is 0. The topological polar surface area (TPSA) is 75.2 Å². The number of hydrogen-bond acceptors (Lipinski definition) is 5. The molecule has 0 radical (unpaired) electrons. The number of hydrogen-bond donors (Lipinski definition) is 1. The van der Waals surface area contributed by atoms with E-state index in [0.717, 1.165) is 45.2 Å². The van der Waals surface area contributed by atoms with Crippen LogP contribution in [-0.4, -0.2) is 28.3 Å². The summed E-state index contributed by atoms with van der Waals surface area (Å²) in [6, 6.07) is 19.5. The van der Waals surface area contributed by atoms with E-state index in [1.807, 2.05) is 73.0 Å². The molecule has 2 aromatic carbocycles. The molecule has 35 heavy (non-hydrogen) atoms. The third kappa shape index (κ3) is 4.72. The minimum Gasteiger partial charge on any atom is -0.326 e. The zero-order chi connectivity index (χ0) is 24.4. The van der Waals surface area contributed by atoms with Gasteiger partial charge in [-0.2, -0.15) is 0 Å². The Morgan fingerprint density at radius 2 is 1.97 bits per heavy atom. The van der Waals surface area contributed by atoms with Gasteiger partial charge in [0, 0.05) is 41.5 Å². The van der Waals surface area contributed by atoms with Crippen molar-refractivity contribution in [2.45, 2.75) is 26.7 Å². The van der Waals surface area contributed by atoms with E-state index in [9.17, 15) is 9.59 Å². The van der Waals surface area contributed by atoms with Crippen molar-refractivity contribution in [3.05, 3.63) is 83.4 Å². The Kier molecular flexibility index (Phi) is 6.42. The first-order valence-corrected chi connectivity index (χ1v) is 12.6. The van der Waals surface area contributed by atoms with Gasteiger partial charge in [0.1, 0.15) is 5.01 Å². The molecule has 7 heteroatoms. The Balaban J connectivity index is 1.31. The molecule has 1 atom stereocenters. The Morgan fingerprint density at radius 3 is 2.77 bits per heavy atom. The Hall–Kier alpha value is -3.84. The Labute approximate surface area is 208 Å². The van der Waals surface area contributed by atoms with Gasteiger partial charge in [-0.05, 0) is 48.7 Å². The van der Waals surface area contributed by atoms with Crippen LogP contribution in [0.25, 0.3) is 22.0 Å². The van der Waals surface area contributed by atoms with Crippen LogP contribution in [0.3, 0.4) is 0 Å². The highest BCUT2D eigenvalue weighted by Gasteiger charge is 2.36. The fourth-order valence-electron chi connectivity index (χ4n) is 4.50. The van der Waals surface area contributed by atoms with Gasteiger partial charge < -0.3 is 10.2 Å². The highest BCUT2D eigenvalue weighted by Crippen LogP contribution is 2.33. The average molecular weight is 483 g/mol. The maximum atomic E-state index is 13.1. The quantitative estimate of drug-likeness (QED) is 0.381. The standard InChI is InChI=1S/C28H26N4O2S/c1-3-19-9-6-8-18(2)26(19)32-16-21(15-25(32)33)27(34)30-22-11-7-10-20(14-22)24-17-35-28(31-24)23-12-4-5-13-29-23/h4-14,17,21H,3,15-16H2,1-2H3,(H,30,34). The van der Waals surface area contributed by atoms with Crippen LogP contribution in [-0.2, 0) is 16.0 Å². The lowest BCUT2D eigenvalue weighted by molar-refractivity contribution is -0.122. The van der Waals surface area contributed by atoms with E-state index < -0.39 is 5.92 Å². The van der Waals surface area contributed by atoms with Crippen molar-refractivity contribution in [3.8, 4) is 22.0 Å². The molecule has 0 saturated carbocycles. The van der Waals surface area contributed by atoms with E-state index in [2.05, 4.69) is 17.2 Å². The first-order chi connectivity index (χ1) is 17.0. The van der Waals surface area contributed by atoms with Gasteiger partial charge in [0.2, 0.25) is 11.8 Å². The van der Waals surface area contributed by atoms with Gasteiger partial charge in [-0.1, -0.05) is 43.3 Å². The second-order valence-corrected chi connectivity index (χ2v) is 9.52. The summed E-state index contributed by atoms with van der Waals surface area (Å²) in [5.41, 5.74) is 6.41. The number of thiazole rings is 1. The number of para-hydroxylation sites is 1. The van der Waals surface area contributed by atoms with Crippen LogP contribution < -0.4 is 10.2 Å². The summed E-state index contributed by atoms with van der Waals surface area (Å²) in [5, 5.41) is 5.86. The van der Waals surface area contributed by atoms with Crippen molar-refractivity contribution < 1.29 is 9.59 Å². The van der Waals surface area contributed by atoms with Crippen LogP contribution >= 0.6 is 11.3 Å². The molecule has 1 unspecified atom stereocenters. The third-order valence-corrected chi connectivity index (χ3v) is 7.15. The predicted octanol–water partition coefficient (Wildman–Crippen LogP) is 5.73. The molecule has 1 saturated heterocycles. The zero-order valence-electron chi connectivity index (χ0n) is 19.7. The van der Waals surface area contributed by atoms with E-state index in [1.54, 1.807) is 11.1 Å². The van der Waals surface area contributed by atoms with Gasteiger partial charge in [-0.25, -0.2) is 4.98 Å². The van der Waals surface area contributed by atoms with Gasteiger partial charge in [0.15, 0.2) is 0 Å². The number of benzene rings is 2. The maximum Gasteiger partial charge on any atom is 0.229 e. The number of anilines is 2. The summed E-state index contributed by atoms with van der Waals surface area (Å²) in [5.74, 6) is -0.546. The molecule has 2 aromatic heterocycles. The molecule has 1 aliphatic heterocycles. The second kappa shape index (κ2) is 9.80. The van der Waals surface area contributed by atoms with E-state index in [-0.39, 0.29) is 18.2 Å². The van der Waals surface area contributed by atoms with E-state index >= 15 is 0 Å². The van der Waals surface area contributed by atoms with Crippen LogP contribution in [0.4, 0.5) is 11.4 Å². The molecule has 6 nitrogen and oxygen atoms in total. The van der Waals surface area contributed by atoms with E-state index in [4.69, 9.17) is 4.98 Å². The van der Waals surface area contributed by atoms with Crippen LogP contribution in [0.15, 0.2) is 72.2 Å². The molecule has 4 aromatic rings. The van der Waals surface area contributed by atoms with Crippen molar-refractivity contribution in [3.63, 3.8) is 0 Å². The lowest BCUT2D eigenvalue weighted by Gasteiger charge is -2.22. The minimum atomic E-state index is -0.398. The molecule has 176 valence electrons. The summed E-state index contributed by atoms with van der Waals surface area (Å²) in [7, 11) is 0. The molecule has 5 rings (SSSR count). The normalized spacial score (nSPS) is 15.4. The monoisotopic (exact) mass is 482 g/mol. The van der Waals surface area contributed by atoms with Crippen molar-refractivity contribution in [2.75, 3.05) is 16.8 Å². The van der Waals surface area contributed by atoms with Crippen molar-refractivity contribution >= 4 is 34.5 Å². The lowest BCUT2D eigenvalue weighted by Crippen LogP contribution is -2.29. The van der Waals surface area contributed by atoms with Crippen LogP contribution in [0.2, 0.25) is 0 Å². The number of pyridine rings is 1. The summed E-state index contributed by atoms with van der Waals surface area (Å²) in [6.07, 6.45) is 2.80. The summed E-state index contributed by atoms with van der Waals surface area (Å²) in [6.45, 7) is 4.48. The summed E-state index contributed by atoms with van der Waals surface area (Å²) >= 11 is 1.54. The Morgan fingerprint density at radius 1 is 1.11 bits per heavy atom. The smallest absolute Gasteiger partial charge is 0.229 e. The molecular formula is C28H26N4O2S. The molecule has 1 aliphatic rings. The number of amides is 2. The van der Waals surface area contributed by atoms with Gasteiger partial charge in [0.25, 0.3) is 0 Å². The van der Waals surface area contributed by atoms with Crippen LogP contribution in [0.5, 0.6) is 0 Å². The number of nitrogens with one attached hydrogen (secondary N) is 1. The molecule has 0 spiro atoms. The lowest BCUT2D eigenvalue weighted by atomic mass is 10.0. The number of carbonyl (C=O) groups excluding carboxylic acids is 2. The van der Waals surface area contributed by atoms with Gasteiger partial charge in [-0.3, -0.25) is 14.6 Å². The highest BCUT2D eigenvalue weighted by atomic mass is 32.1. The molecule has 0 aliphatic carbocycles. The number of aromatic nitrogens is 2. The fraction of sp³-hybridized carbons (Fsp3) is 0.214. The van der Waals surface area contributed by atoms with Crippen molar-refractivity contribution in [1.82, 2.24) is 9.97 Å². The van der Waals surface area contributed by atoms with E-state index in [1.165, 1.54) is 11.3 Å².